The molecule has 2 aromatic rings. The minimum Gasteiger partial charge on any atom is -0.497 e. The minimum absolute atomic E-state index is 0.0665. The van der Waals surface area contributed by atoms with Crippen molar-refractivity contribution in [2.45, 2.75) is 38.0 Å². The molecule has 1 heterocycles. The van der Waals surface area contributed by atoms with Crippen LogP contribution in [0.5, 0.6) is 11.5 Å². The summed E-state index contributed by atoms with van der Waals surface area (Å²) in [4.78, 5) is 24.9. The molecule has 0 aromatic heterocycles. The van der Waals surface area contributed by atoms with Gasteiger partial charge in [0.15, 0.2) is 0 Å². The number of nitrogens with zero attached hydrogens (tertiary/aromatic N) is 1. The first-order valence-electron chi connectivity index (χ1n) is 11.1. The molecule has 1 saturated heterocycles. The fourth-order valence-electron chi connectivity index (χ4n) is 4.45. The lowest BCUT2D eigenvalue weighted by atomic mass is 9.68. The zero-order valence-electron chi connectivity index (χ0n) is 19.3. The van der Waals surface area contributed by atoms with Crippen LogP contribution in [-0.2, 0) is 19.7 Å². The number of ether oxygens (including phenoxy) is 3. The molecule has 0 unspecified atom stereocenters. The summed E-state index contributed by atoms with van der Waals surface area (Å²) in [5.74, 6) is 1.11. The van der Waals surface area contributed by atoms with E-state index in [1.54, 1.807) is 14.2 Å². The zero-order valence-corrected chi connectivity index (χ0v) is 19.3. The first-order valence-corrected chi connectivity index (χ1v) is 11.1. The van der Waals surface area contributed by atoms with Crippen LogP contribution < -0.4 is 9.47 Å². The van der Waals surface area contributed by atoms with Gasteiger partial charge >= 0.3 is 5.97 Å². The maximum absolute atomic E-state index is 11.5. The molecule has 0 atom stereocenters. The van der Waals surface area contributed by atoms with Crippen molar-refractivity contribution in [3.8, 4) is 11.5 Å². The van der Waals surface area contributed by atoms with Crippen molar-refractivity contribution in [2.75, 3.05) is 40.5 Å². The average Bonchev–Trinajstić information content (AvgIpc) is 2.82. The van der Waals surface area contributed by atoms with Crippen molar-refractivity contribution >= 4 is 11.8 Å². The molecule has 32 heavy (non-hydrogen) atoms. The lowest BCUT2D eigenvalue weighted by molar-refractivity contribution is -0.145. The Kier molecular flexibility index (Phi) is 8.28. The highest BCUT2D eigenvalue weighted by Gasteiger charge is 2.37. The van der Waals surface area contributed by atoms with Gasteiger partial charge in [-0.2, -0.15) is 0 Å². The van der Waals surface area contributed by atoms with Crippen LogP contribution in [0.25, 0.3) is 0 Å². The normalized spacial score (nSPS) is 15.7. The summed E-state index contributed by atoms with van der Waals surface area (Å²) in [6.45, 7) is 4.53. The van der Waals surface area contributed by atoms with Gasteiger partial charge < -0.3 is 19.1 Å². The van der Waals surface area contributed by atoms with Crippen LogP contribution in [0.1, 0.15) is 43.7 Å². The molecule has 2 aromatic carbocycles. The SMILES string of the molecule is COc1ccc(C2(c3ccc(OC)cc3)CCN(CCCOC(=O)CC(C)=O)CC2)cc1. The molecule has 6 heteroatoms. The molecule has 0 bridgehead atoms. The maximum Gasteiger partial charge on any atom is 0.313 e. The number of benzene rings is 2. The number of Topliss-reactive ketones (excluding diaryl/α,β-unsaturated/α-hetero) is 1. The van der Waals surface area contributed by atoms with Crippen molar-refractivity contribution in [1.82, 2.24) is 4.90 Å². The van der Waals surface area contributed by atoms with E-state index in [0.29, 0.717) is 6.61 Å². The summed E-state index contributed by atoms with van der Waals surface area (Å²) in [7, 11) is 3.37. The fourth-order valence-corrected chi connectivity index (χ4v) is 4.45. The van der Waals surface area contributed by atoms with E-state index in [1.807, 2.05) is 24.3 Å². The van der Waals surface area contributed by atoms with E-state index in [-0.39, 0.29) is 17.6 Å². The number of rotatable bonds is 10. The van der Waals surface area contributed by atoms with Gasteiger partial charge in [0.25, 0.3) is 0 Å². The van der Waals surface area contributed by atoms with E-state index in [0.717, 1.165) is 50.4 Å². The van der Waals surface area contributed by atoms with Crippen LogP contribution in [-0.4, -0.2) is 57.1 Å². The van der Waals surface area contributed by atoms with Gasteiger partial charge in [0.1, 0.15) is 23.7 Å². The summed E-state index contributed by atoms with van der Waals surface area (Å²) in [6.07, 6.45) is 2.61. The number of likely N-dealkylation sites (tertiary alicyclic amines) is 1. The number of methoxy groups -OCH3 is 2. The number of carbonyl (C=O) groups excluding carboxylic acids is 2. The van der Waals surface area contributed by atoms with Crippen molar-refractivity contribution < 1.29 is 23.8 Å². The van der Waals surface area contributed by atoms with Crippen molar-refractivity contribution in [2.24, 2.45) is 0 Å². The summed E-state index contributed by atoms with van der Waals surface area (Å²) >= 11 is 0. The van der Waals surface area contributed by atoms with E-state index < -0.39 is 5.97 Å². The quantitative estimate of drug-likeness (QED) is 0.317. The zero-order chi connectivity index (χ0) is 23.0. The van der Waals surface area contributed by atoms with Gasteiger partial charge in [0.05, 0.1) is 20.8 Å². The molecule has 0 saturated carbocycles. The molecule has 0 spiro atoms. The van der Waals surface area contributed by atoms with Gasteiger partial charge in [-0.05, 0) is 74.7 Å². The third-order valence-electron chi connectivity index (χ3n) is 6.27. The average molecular weight is 440 g/mol. The predicted molar refractivity (Wildman–Crippen MR) is 123 cm³/mol. The molecule has 1 aliphatic heterocycles. The number of piperidine rings is 1. The molecule has 0 N–H and O–H groups in total. The Balaban J connectivity index is 1.66. The molecule has 0 amide bonds. The number of carbonyl (C=O) groups is 2. The summed E-state index contributed by atoms with van der Waals surface area (Å²) in [5, 5.41) is 0. The molecule has 0 aliphatic carbocycles. The van der Waals surface area contributed by atoms with Crippen LogP contribution in [0.15, 0.2) is 48.5 Å². The highest BCUT2D eigenvalue weighted by atomic mass is 16.5. The first-order chi connectivity index (χ1) is 15.5. The van der Waals surface area contributed by atoms with Gasteiger partial charge in [0, 0.05) is 12.0 Å². The number of hydrogen-bond donors (Lipinski definition) is 0. The molecular formula is C26H33NO5. The number of esters is 1. The number of ketones is 1. The van der Waals surface area contributed by atoms with Crippen molar-refractivity contribution in [1.29, 1.82) is 0 Å². The van der Waals surface area contributed by atoms with E-state index in [2.05, 4.69) is 29.2 Å². The molecular weight excluding hydrogens is 406 g/mol. The second-order valence-electron chi connectivity index (χ2n) is 8.33. The molecule has 6 nitrogen and oxygen atoms in total. The van der Waals surface area contributed by atoms with E-state index in [1.165, 1.54) is 18.1 Å². The Morgan fingerprint density at radius 1 is 0.875 bits per heavy atom. The lowest BCUT2D eigenvalue weighted by Gasteiger charge is -2.43. The van der Waals surface area contributed by atoms with Crippen molar-refractivity contribution in [3.05, 3.63) is 59.7 Å². The van der Waals surface area contributed by atoms with Gasteiger partial charge in [-0.15, -0.1) is 0 Å². The van der Waals surface area contributed by atoms with Crippen LogP contribution >= 0.6 is 0 Å². The second kappa shape index (κ2) is 11.1. The molecule has 3 rings (SSSR count). The monoisotopic (exact) mass is 439 g/mol. The smallest absolute Gasteiger partial charge is 0.313 e. The highest BCUT2D eigenvalue weighted by Crippen LogP contribution is 2.42. The van der Waals surface area contributed by atoms with Crippen molar-refractivity contribution in [3.63, 3.8) is 0 Å². The Hall–Kier alpha value is -2.86. The Morgan fingerprint density at radius 3 is 1.81 bits per heavy atom. The third kappa shape index (κ3) is 5.88. The molecule has 1 fully saturated rings. The first kappa shape index (κ1) is 23.8. The molecule has 1 aliphatic rings. The van der Waals surface area contributed by atoms with E-state index >= 15 is 0 Å². The minimum atomic E-state index is -0.436. The van der Waals surface area contributed by atoms with Gasteiger partial charge in [0.2, 0.25) is 0 Å². The van der Waals surface area contributed by atoms with Gasteiger partial charge in [-0.25, -0.2) is 0 Å². The topological polar surface area (TPSA) is 65.1 Å². The Morgan fingerprint density at radius 2 is 1.38 bits per heavy atom. The summed E-state index contributed by atoms with van der Waals surface area (Å²) in [5.41, 5.74) is 2.52. The third-order valence-corrected chi connectivity index (χ3v) is 6.27. The maximum atomic E-state index is 11.5. The van der Waals surface area contributed by atoms with Crippen LogP contribution in [0.3, 0.4) is 0 Å². The standard InChI is InChI=1S/C26H33NO5/c1-20(28)19-25(29)32-18-4-15-27-16-13-26(14-17-27,21-5-9-23(30-2)10-6-21)22-7-11-24(31-3)12-8-22/h5-12H,4,13-19H2,1-3H3. The fraction of sp³-hybridized carbons (Fsp3) is 0.462. The van der Waals surface area contributed by atoms with Crippen LogP contribution in [0.4, 0.5) is 0 Å². The Labute approximate surface area is 190 Å². The van der Waals surface area contributed by atoms with Crippen LogP contribution in [0, 0.1) is 0 Å². The number of hydrogen-bond acceptors (Lipinski definition) is 6. The van der Waals surface area contributed by atoms with E-state index in [9.17, 15) is 9.59 Å². The summed E-state index contributed by atoms with van der Waals surface area (Å²) in [6, 6.07) is 16.8. The summed E-state index contributed by atoms with van der Waals surface area (Å²) < 4.78 is 15.9. The van der Waals surface area contributed by atoms with E-state index in [4.69, 9.17) is 14.2 Å². The Bertz CT molecular complexity index is 834. The van der Waals surface area contributed by atoms with Crippen LogP contribution in [0.2, 0.25) is 0 Å². The van der Waals surface area contributed by atoms with Gasteiger partial charge in [-0.3, -0.25) is 9.59 Å². The molecule has 172 valence electrons. The largest absolute Gasteiger partial charge is 0.497 e. The predicted octanol–water partition coefficient (Wildman–Crippen LogP) is 4.00. The highest BCUT2D eigenvalue weighted by molar-refractivity contribution is 5.94. The molecule has 0 radical (unpaired) electrons. The lowest BCUT2D eigenvalue weighted by Crippen LogP contribution is -2.43. The second-order valence-corrected chi connectivity index (χ2v) is 8.33. The van der Waals surface area contributed by atoms with Gasteiger partial charge in [-0.1, -0.05) is 24.3 Å².